The first-order chi connectivity index (χ1) is 9.90. The minimum absolute atomic E-state index is 0.246. The van der Waals surface area contributed by atoms with Gasteiger partial charge < -0.3 is 5.32 Å². The van der Waals surface area contributed by atoms with Gasteiger partial charge in [0.25, 0.3) is 11.8 Å². The molecule has 0 fully saturated rings. The molecule has 0 saturated carbocycles. The molecule has 2 aromatic heterocycles. The Morgan fingerprint density at radius 2 is 2.10 bits per heavy atom. The standard InChI is InChI=1S/C14H15F2N3OS/c1-3-10-7-18-12(21-10)8-19-13(20)9-4-5-11(17-6-9)14(2,15)16/h4-7H,3,8H2,1-2H3,(H,19,20). The zero-order valence-electron chi connectivity index (χ0n) is 11.7. The normalized spacial score (nSPS) is 11.4. The molecule has 0 aliphatic heterocycles. The van der Waals surface area contributed by atoms with Crippen molar-refractivity contribution in [1.82, 2.24) is 15.3 Å². The highest BCUT2D eigenvalue weighted by atomic mass is 32.1. The highest BCUT2D eigenvalue weighted by molar-refractivity contribution is 7.11. The summed E-state index contributed by atoms with van der Waals surface area (Å²) in [6, 6.07) is 2.50. The van der Waals surface area contributed by atoms with Crippen molar-refractivity contribution in [3.8, 4) is 0 Å². The molecular formula is C14H15F2N3OS. The van der Waals surface area contributed by atoms with Gasteiger partial charge in [0.15, 0.2) is 0 Å². The predicted octanol–water partition coefficient (Wildman–Crippen LogP) is 3.14. The Morgan fingerprint density at radius 3 is 2.62 bits per heavy atom. The summed E-state index contributed by atoms with van der Waals surface area (Å²) in [5, 5.41) is 3.50. The number of pyridine rings is 1. The van der Waals surface area contributed by atoms with E-state index in [2.05, 4.69) is 15.3 Å². The first-order valence-corrected chi connectivity index (χ1v) is 7.28. The van der Waals surface area contributed by atoms with Crippen molar-refractivity contribution >= 4 is 17.2 Å². The minimum atomic E-state index is -3.01. The zero-order valence-corrected chi connectivity index (χ0v) is 12.5. The summed E-state index contributed by atoms with van der Waals surface area (Å²) < 4.78 is 26.0. The number of carbonyl (C=O) groups is 1. The minimum Gasteiger partial charge on any atom is -0.345 e. The van der Waals surface area contributed by atoms with Gasteiger partial charge in [0.05, 0.1) is 12.1 Å². The smallest absolute Gasteiger partial charge is 0.286 e. The van der Waals surface area contributed by atoms with Gasteiger partial charge in [-0.2, -0.15) is 8.78 Å². The number of carbonyl (C=O) groups excluding carboxylic acids is 1. The fourth-order valence-electron chi connectivity index (χ4n) is 1.64. The summed E-state index contributed by atoms with van der Waals surface area (Å²) in [6.07, 6.45) is 3.84. The van der Waals surface area contributed by atoms with E-state index in [0.717, 1.165) is 35.5 Å². The zero-order chi connectivity index (χ0) is 15.5. The molecule has 2 rings (SSSR count). The number of amides is 1. The number of aromatic nitrogens is 2. The van der Waals surface area contributed by atoms with E-state index >= 15 is 0 Å². The molecule has 1 amide bonds. The van der Waals surface area contributed by atoms with Crippen LogP contribution in [-0.4, -0.2) is 15.9 Å². The van der Waals surface area contributed by atoms with Gasteiger partial charge in [-0.15, -0.1) is 11.3 Å². The van der Waals surface area contributed by atoms with Crippen LogP contribution in [0.2, 0.25) is 0 Å². The molecule has 2 heterocycles. The molecular weight excluding hydrogens is 296 g/mol. The van der Waals surface area contributed by atoms with Gasteiger partial charge >= 0.3 is 0 Å². The van der Waals surface area contributed by atoms with Crippen LogP contribution in [0.25, 0.3) is 0 Å². The Hall–Kier alpha value is -1.89. The molecule has 0 spiro atoms. The Morgan fingerprint density at radius 1 is 1.33 bits per heavy atom. The topological polar surface area (TPSA) is 54.9 Å². The molecule has 0 atom stereocenters. The van der Waals surface area contributed by atoms with Crippen molar-refractivity contribution in [2.45, 2.75) is 32.7 Å². The Bertz CT molecular complexity index is 620. The van der Waals surface area contributed by atoms with Crippen molar-refractivity contribution in [1.29, 1.82) is 0 Å². The van der Waals surface area contributed by atoms with Crippen LogP contribution in [0.5, 0.6) is 0 Å². The summed E-state index contributed by atoms with van der Waals surface area (Å²) in [7, 11) is 0. The van der Waals surface area contributed by atoms with E-state index in [1.165, 1.54) is 17.4 Å². The fourth-order valence-corrected chi connectivity index (χ4v) is 2.44. The Balaban J connectivity index is 1.97. The van der Waals surface area contributed by atoms with Gasteiger partial charge in [-0.1, -0.05) is 6.92 Å². The molecule has 2 aromatic rings. The van der Waals surface area contributed by atoms with Crippen molar-refractivity contribution in [3.05, 3.63) is 45.7 Å². The SMILES string of the molecule is CCc1cnc(CNC(=O)c2ccc(C(C)(F)F)nc2)s1. The maximum atomic E-state index is 13.0. The average molecular weight is 311 g/mol. The molecule has 21 heavy (non-hydrogen) atoms. The Kier molecular flexibility index (Phi) is 4.62. The van der Waals surface area contributed by atoms with E-state index in [1.807, 2.05) is 6.92 Å². The molecule has 0 unspecified atom stereocenters. The van der Waals surface area contributed by atoms with Crippen LogP contribution in [0.3, 0.4) is 0 Å². The number of rotatable bonds is 5. The molecule has 7 heteroatoms. The third kappa shape index (κ3) is 4.04. The van der Waals surface area contributed by atoms with E-state index < -0.39 is 5.92 Å². The lowest BCUT2D eigenvalue weighted by Crippen LogP contribution is -2.23. The van der Waals surface area contributed by atoms with Crippen molar-refractivity contribution in [2.24, 2.45) is 0 Å². The quantitative estimate of drug-likeness (QED) is 0.923. The molecule has 0 aromatic carbocycles. The van der Waals surface area contributed by atoms with Crippen molar-refractivity contribution < 1.29 is 13.6 Å². The Labute approximate surface area is 125 Å². The molecule has 0 aliphatic rings. The van der Waals surface area contributed by atoms with Crippen LogP contribution >= 0.6 is 11.3 Å². The third-order valence-electron chi connectivity index (χ3n) is 2.83. The van der Waals surface area contributed by atoms with Gasteiger partial charge in [0, 0.05) is 24.2 Å². The summed E-state index contributed by atoms with van der Waals surface area (Å²) in [4.78, 5) is 20.8. The molecule has 0 radical (unpaired) electrons. The lowest BCUT2D eigenvalue weighted by molar-refractivity contribution is 0.0127. The van der Waals surface area contributed by atoms with Crippen LogP contribution in [-0.2, 0) is 18.9 Å². The maximum Gasteiger partial charge on any atom is 0.286 e. The lowest BCUT2D eigenvalue weighted by Gasteiger charge is -2.09. The summed E-state index contributed by atoms with van der Waals surface area (Å²) >= 11 is 1.54. The third-order valence-corrected chi connectivity index (χ3v) is 3.97. The predicted molar refractivity (Wildman–Crippen MR) is 76.5 cm³/mol. The van der Waals surface area contributed by atoms with E-state index in [1.54, 1.807) is 6.20 Å². The van der Waals surface area contributed by atoms with Crippen LogP contribution < -0.4 is 5.32 Å². The van der Waals surface area contributed by atoms with Gasteiger partial charge in [-0.3, -0.25) is 9.78 Å². The lowest BCUT2D eigenvalue weighted by atomic mass is 10.2. The molecule has 1 N–H and O–H groups in total. The van der Waals surface area contributed by atoms with E-state index in [0.29, 0.717) is 6.54 Å². The van der Waals surface area contributed by atoms with Gasteiger partial charge in [-0.05, 0) is 18.6 Å². The number of aryl methyl sites for hydroxylation is 1. The molecule has 0 aliphatic carbocycles. The highest BCUT2D eigenvalue weighted by Gasteiger charge is 2.26. The number of hydrogen-bond acceptors (Lipinski definition) is 4. The number of alkyl halides is 2. The number of hydrogen-bond donors (Lipinski definition) is 1. The number of halogens is 2. The maximum absolute atomic E-state index is 13.0. The van der Waals surface area contributed by atoms with Gasteiger partial charge in [-0.25, -0.2) is 4.98 Å². The second-order valence-corrected chi connectivity index (χ2v) is 5.78. The number of nitrogens with zero attached hydrogens (tertiary/aromatic N) is 2. The van der Waals surface area contributed by atoms with Gasteiger partial charge in [0.2, 0.25) is 0 Å². The van der Waals surface area contributed by atoms with Crippen LogP contribution in [0.15, 0.2) is 24.5 Å². The molecule has 0 saturated heterocycles. The van der Waals surface area contributed by atoms with E-state index in [-0.39, 0.29) is 17.2 Å². The summed E-state index contributed by atoms with van der Waals surface area (Å²) in [5.74, 6) is -3.37. The highest BCUT2D eigenvalue weighted by Crippen LogP contribution is 2.24. The van der Waals surface area contributed by atoms with Crippen molar-refractivity contribution in [3.63, 3.8) is 0 Å². The van der Waals surface area contributed by atoms with E-state index in [4.69, 9.17) is 0 Å². The second-order valence-electron chi connectivity index (χ2n) is 4.58. The fraction of sp³-hybridized carbons (Fsp3) is 0.357. The van der Waals surface area contributed by atoms with Crippen LogP contribution in [0.4, 0.5) is 8.78 Å². The second kappa shape index (κ2) is 6.26. The van der Waals surface area contributed by atoms with Gasteiger partial charge in [0.1, 0.15) is 10.7 Å². The van der Waals surface area contributed by atoms with E-state index in [9.17, 15) is 13.6 Å². The average Bonchev–Trinajstić information content (AvgIpc) is 2.92. The van der Waals surface area contributed by atoms with Crippen LogP contribution in [0.1, 0.15) is 39.8 Å². The first-order valence-electron chi connectivity index (χ1n) is 6.46. The first kappa shape index (κ1) is 15.5. The summed E-state index contributed by atoms with van der Waals surface area (Å²) in [6.45, 7) is 3.12. The van der Waals surface area contributed by atoms with Crippen molar-refractivity contribution in [2.75, 3.05) is 0 Å². The monoisotopic (exact) mass is 311 g/mol. The molecule has 0 bridgehead atoms. The molecule has 4 nitrogen and oxygen atoms in total. The van der Waals surface area contributed by atoms with Crippen LogP contribution in [0, 0.1) is 0 Å². The molecule has 112 valence electrons. The summed E-state index contributed by atoms with van der Waals surface area (Å²) in [5.41, 5.74) is -0.109. The number of thiazole rings is 1. The number of nitrogens with one attached hydrogen (secondary N) is 1. The largest absolute Gasteiger partial charge is 0.345 e.